The number of carbonyl (C=O) groups excluding carboxylic acids is 1. The molecule has 24 heavy (non-hydrogen) atoms. The lowest BCUT2D eigenvalue weighted by molar-refractivity contribution is -0.135. The molecule has 1 heterocycles. The Morgan fingerprint density at radius 1 is 1.17 bits per heavy atom. The molecule has 1 aliphatic rings. The van der Waals surface area contributed by atoms with Crippen molar-refractivity contribution in [1.29, 1.82) is 0 Å². The molecule has 0 spiro atoms. The second-order valence-corrected chi connectivity index (χ2v) is 6.78. The van der Waals surface area contributed by atoms with Gasteiger partial charge in [-0.25, -0.2) is 0 Å². The third-order valence-electron chi connectivity index (χ3n) is 4.31. The van der Waals surface area contributed by atoms with Crippen molar-refractivity contribution in [3.8, 4) is 5.75 Å². The van der Waals surface area contributed by atoms with Crippen LogP contribution in [-0.4, -0.2) is 42.2 Å². The molecule has 3 rings (SSSR count). The van der Waals surface area contributed by atoms with E-state index in [1.54, 1.807) is 12.1 Å². The number of carbonyl (C=O) groups is 1. The maximum atomic E-state index is 12.7. The van der Waals surface area contributed by atoms with Crippen LogP contribution in [0.2, 0.25) is 0 Å². The van der Waals surface area contributed by atoms with E-state index in [-0.39, 0.29) is 17.6 Å². The quantitative estimate of drug-likeness (QED) is 0.869. The average Bonchev–Trinajstić information content (AvgIpc) is 2.63. The van der Waals surface area contributed by atoms with Gasteiger partial charge in [0.1, 0.15) is 5.75 Å². The number of hydrogen-bond acceptors (Lipinski definition) is 3. The Hall–Kier alpha value is -1.85. The van der Waals surface area contributed by atoms with E-state index in [1.807, 2.05) is 41.3 Å². The minimum absolute atomic E-state index is 0.0894. The SMILES string of the molecule is O=C(CC(c1ccccc1)c1cc(Br)ccc1O)N1CCOCC1. The zero-order chi connectivity index (χ0) is 16.9. The molecule has 1 amide bonds. The Morgan fingerprint density at radius 3 is 2.58 bits per heavy atom. The Labute approximate surface area is 150 Å². The van der Waals surface area contributed by atoms with Crippen molar-refractivity contribution in [2.75, 3.05) is 26.3 Å². The fraction of sp³-hybridized carbons (Fsp3) is 0.316. The normalized spacial score (nSPS) is 16.0. The highest BCUT2D eigenvalue weighted by Gasteiger charge is 2.25. The van der Waals surface area contributed by atoms with Gasteiger partial charge in [0, 0.05) is 35.5 Å². The topological polar surface area (TPSA) is 49.8 Å². The predicted octanol–water partition coefficient (Wildman–Crippen LogP) is 3.54. The second kappa shape index (κ2) is 7.81. The van der Waals surface area contributed by atoms with Crippen molar-refractivity contribution < 1.29 is 14.6 Å². The van der Waals surface area contributed by atoms with Gasteiger partial charge in [-0.05, 0) is 23.8 Å². The molecule has 0 aromatic heterocycles. The lowest BCUT2D eigenvalue weighted by Gasteiger charge is -2.29. The van der Waals surface area contributed by atoms with Crippen molar-refractivity contribution in [2.24, 2.45) is 0 Å². The molecular formula is C19H20BrNO3. The minimum atomic E-state index is -0.181. The molecular weight excluding hydrogens is 370 g/mol. The molecule has 0 saturated carbocycles. The summed E-state index contributed by atoms with van der Waals surface area (Å²) in [6.45, 7) is 2.43. The molecule has 0 aliphatic carbocycles. The van der Waals surface area contributed by atoms with E-state index in [1.165, 1.54) is 0 Å². The van der Waals surface area contributed by atoms with Gasteiger partial charge in [0.25, 0.3) is 0 Å². The summed E-state index contributed by atoms with van der Waals surface area (Å²) in [6, 6.07) is 15.2. The van der Waals surface area contributed by atoms with E-state index in [9.17, 15) is 9.90 Å². The van der Waals surface area contributed by atoms with Crippen LogP contribution in [0.15, 0.2) is 53.0 Å². The van der Waals surface area contributed by atoms with Crippen LogP contribution < -0.4 is 0 Å². The fourth-order valence-corrected chi connectivity index (χ4v) is 3.39. The minimum Gasteiger partial charge on any atom is -0.508 e. The summed E-state index contributed by atoms with van der Waals surface area (Å²) >= 11 is 3.46. The van der Waals surface area contributed by atoms with Crippen LogP contribution >= 0.6 is 15.9 Å². The van der Waals surface area contributed by atoms with Crippen molar-refractivity contribution in [2.45, 2.75) is 12.3 Å². The number of benzene rings is 2. The summed E-state index contributed by atoms with van der Waals surface area (Å²) in [5.74, 6) is 0.118. The van der Waals surface area contributed by atoms with Crippen molar-refractivity contribution in [3.05, 3.63) is 64.1 Å². The first-order chi connectivity index (χ1) is 11.6. The van der Waals surface area contributed by atoms with Gasteiger partial charge < -0.3 is 14.7 Å². The Kier molecular flexibility index (Phi) is 5.53. The van der Waals surface area contributed by atoms with Crippen LogP contribution in [0.25, 0.3) is 0 Å². The molecule has 2 aromatic rings. The van der Waals surface area contributed by atoms with E-state index in [2.05, 4.69) is 15.9 Å². The van der Waals surface area contributed by atoms with Crippen LogP contribution in [0.4, 0.5) is 0 Å². The Morgan fingerprint density at radius 2 is 1.88 bits per heavy atom. The summed E-state index contributed by atoms with van der Waals surface area (Å²) in [7, 11) is 0. The number of rotatable bonds is 4. The van der Waals surface area contributed by atoms with E-state index in [0.717, 1.165) is 15.6 Å². The summed E-state index contributed by atoms with van der Waals surface area (Å²) in [5.41, 5.74) is 1.78. The lowest BCUT2D eigenvalue weighted by Crippen LogP contribution is -2.41. The number of halogens is 1. The Bertz CT molecular complexity index is 699. The van der Waals surface area contributed by atoms with Gasteiger partial charge >= 0.3 is 0 Å². The molecule has 5 heteroatoms. The number of amides is 1. The molecule has 1 N–H and O–H groups in total. The molecule has 1 unspecified atom stereocenters. The first-order valence-corrected chi connectivity index (χ1v) is 8.83. The summed E-state index contributed by atoms with van der Waals surface area (Å²) in [5, 5.41) is 10.3. The molecule has 126 valence electrons. The van der Waals surface area contributed by atoms with Gasteiger partial charge in [-0.15, -0.1) is 0 Å². The zero-order valence-corrected chi connectivity index (χ0v) is 14.9. The van der Waals surface area contributed by atoms with Gasteiger partial charge in [0.15, 0.2) is 0 Å². The molecule has 1 atom stereocenters. The van der Waals surface area contributed by atoms with Crippen molar-refractivity contribution >= 4 is 21.8 Å². The van der Waals surface area contributed by atoms with Gasteiger partial charge in [-0.2, -0.15) is 0 Å². The van der Waals surface area contributed by atoms with Gasteiger partial charge in [0.05, 0.1) is 13.2 Å². The Balaban J connectivity index is 1.90. The van der Waals surface area contributed by atoms with Crippen LogP contribution in [0, 0.1) is 0 Å². The molecule has 4 nitrogen and oxygen atoms in total. The average molecular weight is 390 g/mol. The highest BCUT2D eigenvalue weighted by molar-refractivity contribution is 9.10. The first-order valence-electron chi connectivity index (χ1n) is 8.04. The highest BCUT2D eigenvalue weighted by Crippen LogP contribution is 2.36. The van der Waals surface area contributed by atoms with E-state index in [4.69, 9.17) is 4.74 Å². The fourth-order valence-electron chi connectivity index (χ4n) is 3.01. The molecule has 1 saturated heterocycles. The van der Waals surface area contributed by atoms with E-state index >= 15 is 0 Å². The second-order valence-electron chi connectivity index (χ2n) is 5.86. The predicted molar refractivity (Wildman–Crippen MR) is 96.1 cm³/mol. The van der Waals surface area contributed by atoms with Crippen LogP contribution in [0.3, 0.4) is 0 Å². The molecule has 0 bridgehead atoms. The van der Waals surface area contributed by atoms with Gasteiger partial charge in [-0.3, -0.25) is 4.79 Å². The molecule has 1 aliphatic heterocycles. The monoisotopic (exact) mass is 389 g/mol. The number of morpholine rings is 1. The largest absolute Gasteiger partial charge is 0.508 e. The van der Waals surface area contributed by atoms with E-state index < -0.39 is 0 Å². The van der Waals surface area contributed by atoms with Crippen molar-refractivity contribution in [3.63, 3.8) is 0 Å². The number of ether oxygens (including phenoxy) is 1. The third kappa shape index (κ3) is 3.97. The zero-order valence-electron chi connectivity index (χ0n) is 13.3. The number of phenols is 1. The number of hydrogen-bond donors (Lipinski definition) is 1. The standard InChI is InChI=1S/C19H20BrNO3/c20-15-6-7-18(22)17(12-15)16(14-4-2-1-3-5-14)13-19(23)21-8-10-24-11-9-21/h1-7,12,16,22H,8-11,13H2. The third-order valence-corrected chi connectivity index (χ3v) is 4.80. The summed E-state index contributed by atoms with van der Waals surface area (Å²) in [6.07, 6.45) is 0.327. The maximum absolute atomic E-state index is 12.7. The molecule has 1 fully saturated rings. The highest BCUT2D eigenvalue weighted by atomic mass is 79.9. The summed E-state index contributed by atoms with van der Waals surface area (Å²) < 4.78 is 6.20. The number of aromatic hydroxyl groups is 1. The first kappa shape index (κ1) is 17.0. The van der Waals surface area contributed by atoms with Crippen LogP contribution in [0.1, 0.15) is 23.5 Å². The van der Waals surface area contributed by atoms with Crippen LogP contribution in [0.5, 0.6) is 5.75 Å². The number of nitrogens with zero attached hydrogens (tertiary/aromatic N) is 1. The lowest BCUT2D eigenvalue weighted by atomic mass is 9.87. The van der Waals surface area contributed by atoms with Crippen molar-refractivity contribution in [1.82, 2.24) is 4.90 Å². The smallest absolute Gasteiger partial charge is 0.223 e. The maximum Gasteiger partial charge on any atom is 0.223 e. The number of phenolic OH excluding ortho intramolecular Hbond substituents is 1. The molecule has 2 aromatic carbocycles. The van der Waals surface area contributed by atoms with Gasteiger partial charge in [-0.1, -0.05) is 46.3 Å². The van der Waals surface area contributed by atoms with Gasteiger partial charge in [0.2, 0.25) is 5.91 Å². The van der Waals surface area contributed by atoms with E-state index in [0.29, 0.717) is 32.7 Å². The summed E-state index contributed by atoms with van der Waals surface area (Å²) in [4.78, 5) is 14.6. The van der Waals surface area contributed by atoms with Crippen LogP contribution in [-0.2, 0) is 9.53 Å². The molecule has 0 radical (unpaired) electrons.